The van der Waals surface area contributed by atoms with Gasteiger partial charge in [0.15, 0.2) is 17.6 Å². The van der Waals surface area contributed by atoms with Crippen LogP contribution in [0.5, 0.6) is 17.2 Å². The number of amides is 1. The van der Waals surface area contributed by atoms with Crippen LogP contribution < -0.4 is 14.2 Å². The Morgan fingerprint density at radius 3 is 1.82 bits per heavy atom. The highest BCUT2D eigenvalue weighted by Crippen LogP contribution is 2.35. The van der Waals surface area contributed by atoms with Crippen molar-refractivity contribution in [3.63, 3.8) is 0 Å². The Labute approximate surface area is 167 Å². The Kier molecular flexibility index (Phi) is 8.82. The van der Waals surface area contributed by atoms with E-state index in [0.29, 0.717) is 22.8 Å². The summed E-state index contributed by atoms with van der Waals surface area (Å²) >= 11 is 0. The van der Waals surface area contributed by atoms with Gasteiger partial charge >= 0.3 is 5.97 Å². The molecule has 0 aliphatic carbocycles. The molecule has 0 unspecified atom stereocenters. The molecule has 0 saturated carbocycles. The van der Waals surface area contributed by atoms with Gasteiger partial charge in [-0.2, -0.15) is 0 Å². The van der Waals surface area contributed by atoms with Gasteiger partial charge < -0.3 is 23.8 Å². The minimum Gasteiger partial charge on any atom is -0.496 e. The van der Waals surface area contributed by atoms with Crippen LogP contribution >= 0.6 is 0 Å². The maximum atomic E-state index is 12.6. The number of carbonyl (C=O) groups is 2. The van der Waals surface area contributed by atoms with Gasteiger partial charge in [-0.05, 0) is 46.8 Å². The molecule has 28 heavy (non-hydrogen) atoms. The molecule has 0 aliphatic rings. The van der Waals surface area contributed by atoms with Gasteiger partial charge in [0.05, 0.1) is 21.3 Å². The second-order valence-corrected chi connectivity index (χ2v) is 6.79. The Morgan fingerprint density at radius 2 is 1.36 bits per heavy atom. The fraction of sp³-hybridized carbons (Fsp3) is 0.524. The Balaban J connectivity index is 2.93. The van der Waals surface area contributed by atoms with E-state index in [9.17, 15) is 9.59 Å². The molecular weight excluding hydrogens is 362 g/mol. The molecule has 1 rings (SSSR count). The van der Waals surface area contributed by atoms with Crippen LogP contribution in [0.3, 0.4) is 0 Å². The van der Waals surface area contributed by atoms with Crippen LogP contribution in [0.25, 0.3) is 6.08 Å². The van der Waals surface area contributed by atoms with Gasteiger partial charge in [0.2, 0.25) is 0 Å². The summed E-state index contributed by atoms with van der Waals surface area (Å²) in [5.41, 5.74) is 0.613. The second kappa shape index (κ2) is 10.6. The third kappa shape index (κ3) is 5.90. The fourth-order valence-corrected chi connectivity index (χ4v) is 2.92. The zero-order valence-electron chi connectivity index (χ0n) is 17.9. The number of hydrogen-bond acceptors (Lipinski definition) is 6. The van der Waals surface area contributed by atoms with Gasteiger partial charge in [-0.25, -0.2) is 4.79 Å². The molecule has 1 atom stereocenters. The normalized spacial score (nSPS) is 12.2. The molecular formula is C21H31NO6. The Bertz CT molecular complexity index is 703. The minimum absolute atomic E-state index is 0.0141. The highest BCUT2D eigenvalue weighted by Gasteiger charge is 2.27. The van der Waals surface area contributed by atoms with E-state index in [1.807, 2.05) is 27.7 Å². The summed E-state index contributed by atoms with van der Waals surface area (Å²) in [6.45, 7) is 9.28. The lowest BCUT2D eigenvalue weighted by molar-refractivity contribution is -0.157. The van der Waals surface area contributed by atoms with E-state index in [1.54, 1.807) is 30.0 Å². The molecule has 0 saturated heterocycles. The number of rotatable bonds is 9. The Morgan fingerprint density at radius 1 is 0.857 bits per heavy atom. The van der Waals surface area contributed by atoms with Gasteiger partial charge in [0, 0.05) is 29.8 Å². The summed E-state index contributed by atoms with van der Waals surface area (Å²) in [7, 11) is 4.57. The van der Waals surface area contributed by atoms with Gasteiger partial charge in [0.1, 0.15) is 5.75 Å². The van der Waals surface area contributed by atoms with Crippen LogP contribution in [0, 0.1) is 0 Å². The molecule has 0 radical (unpaired) electrons. The van der Waals surface area contributed by atoms with Gasteiger partial charge in [0.25, 0.3) is 5.91 Å². The van der Waals surface area contributed by atoms with Crippen LogP contribution in [-0.2, 0) is 14.3 Å². The van der Waals surface area contributed by atoms with E-state index in [4.69, 9.17) is 18.9 Å². The molecule has 156 valence electrons. The number of ether oxygens (including phenoxy) is 4. The van der Waals surface area contributed by atoms with Crippen molar-refractivity contribution in [2.75, 3.05) is 21.3 Å². The van der Waals surface area contributed by atoms with E-state index in [2.05, 4.69) is 0 Å². The molecule has 7 heteroatoms. The molecule has 1 amide bonds. The molecule has 0 bridgehead atoms. The topological polar surface area (TPSA) is 74.3 Å². The predicted octanol–water partition coefficient (Wildman–Crippen LogP) is 3.30. The lowest BCUT2D eigenvalue weighted by atomic mass is 10.1. The first-order valence-corrected chi connectivity index (χ1v) is 9.17. The van der Waals surface area contributed by atoms with E-state index >= 15 is 0 Å². The summed E-state index contributed by atoms with van der Waals surface area (Å²) in [6, 6.07) is 3.38. The summed E-state index contributed by atoms with van der Waals surface area (Å²) < 4.78 is 21.1. The van der Waals surface area contributed by atoms with Crippen molar-refractivity contribution in [3.05, 3.63) is 23.8 Å². The lowest BCUT2D eigenvalue weighted by Gasteiger charge is -2.32. The zero-order chi connectivity index (χ0) is 21.4. The second-order valence-electron chi connectivity index (χ2n) is 6.79. The van der Waals surface area contributed by atoms with Gasteiger partial charge in [-0.15, -0.1) is 0 Å². The molecule has 0 spiro atoms. The molecule has 7 nitrogen and oxygen atoms in total. The Hall–Kier alpha value is -2.70. The number of nitrogens with zero attached hydrogens (tertiary/aromatic N) is 1. The molecule has 0 fully saturated rings. The van der Waals surface area contributed by atoms with Crippen molar-refractivity contribution in [2.45, 2.75) is 52.8 Å². The number of methoxy groups -OCH3 is 3. The van der Waals surface area contributed by atoms with Crippen molar-refractivity contribution in [3.8, 4) is 17.2 Å². The summed E-state index contributed by atoms with van der Waals surface area (Å²) in [6.07, 6.45) is 1.92. The molecule has 0 heterocycles. The van der Waals surface area contributed by atoms with Crippen LogP contribution in [0.2, 0.25) is 0 Å². The van der Waals surface area contributed by atoms with Gasteiger partial charge in [-0.1, -0.05) is 0 Å². The summed E-state index contributed by atoms with van der Waals surface area (Å²) in [5, 5.41) is 0. The standard InChI is InChI=1S/C21H31NO6/c1-13(2)22(14(3)4)21(24)15(5)28-20(23)10-9-16-11-18(26-7)19(27-8)12-17(16)25-6/h9-15H,1-8H3/b10-9+/t15-/m1/s1. The van der Waals surface area contributed by atoms with Crippen molar-refractivity contribution in [1.29, 1.82) is 0 Å². The maximum Gasteiger partial charge on any atom is 0.331 e. The largest absolute Gasteiger partial charge is 0.496 e. The van der Waals surface area contributed by atoms with Crippen molar-refractivity contribution >= 4 is 18.0 Å². The van der Waals surface area contributed by atoms with Crippen molar-refractivity contribution in [2.24, 2.45) is 0 Å². The number of carbonyl (C=O) groups excluding carboxylic acids is 2. The molecule has 0 N–H and O–H groups in total. The monoisotopic (exact) mass is 393 g/mol. The highest BCUT2D eigenvalue weighted by atomic mass is 16.5. The van der Waals surface area contributed by atoms with Crippen LogP contribution in [0.15, 0.2) is 18.2 Å². The molecule has 0 aromatic heterocycles. The smallest absolute Gasteiger partial charge is 0.331 e. The predicted molar refractivity (Wildman–Crippen MR) is 108 cm³/mol. The quantitative estimate of drug-likeness (QED) is 0.473. The molecule has 0 aliphatic heterocycles. The van der Waals surface area contributed by atoms with E-state index in [1.165, 1.54) is 27.4 Å². The molecule has 1 aromatic carbocycles. The first kappa shape index (κ1) is 23.3. The van der Waals surface area contributed by atoms with Crippen LogP contribution in [0.4, 0.5) is 0 Å². The van der Waals surface area contributed by atoms with E-state index in [-0.39, 0.29) is 18.0 Å². The fourth-order valence-electron chi connectivity index (χ4n) is 2.92. The van der Waals surface area contributed by atoms with Crippen LogP contribution in [-0.4, -0.2) is 56.3 Å². The first-order valence-electron chi connectivity index (χ1n) is 9.17. The SMILES string of the molecule is COc1cc(OC)c(OC)cc1/C=C/C(=O)O[C@H](C)C(=O)N(C(C)C)C(C)C. The summed E-state index contributed by atoms with van der Waals surface area (Å²) in [5.74, 6) is 0.683. The average molecular weight is 393 g/mol. The molecule has 1 aromatic rings. The van der Waals surface area contributed by atoms with Crippen LogP contribution in [0.1, 0.15) is 40.2 Å². The maximum absolute atomic E-state index is 12.6. The average Bonchev–Trinajstić information content (AvgIpc) is 2.64. The number of hydrogen-bond donors (Lipinski definition) is 0. The number of esters is 1. The third-order valence-electron chi connectivity index (χ3n) is 4.14. The third-order valence-corrected chi connectivity index (χ3v) is 4.14. The van der Waals surface area contributed by atoms with Crippen molar-refractivity contribution in [1.82, 2.24) is 4.90 Å². The van der Waals surface area contributed by atoms with Gasteiger partial charge in [-0.3, -0.25) is 4.79 Å². The minimum atomic E-state index is -0.880. The lowest BCUT2D eigenvalue weighted by Crippen LogP contribution is -2.47. The van der Waals surface area contributed by atoms with E-state index < -0.39 is 12.1 Å². The highest BCUT2D eigenvalue weighted by molar-refractivity contribution is 5.91. The van der Waals surface area contributed by atoms with E-state index in [0.717, 1.165) is 0 Å². The first-order chi connectivity index (χ1) is 13.2. The number of benzene rings is 1. The summed E-state index contributed by atoms with van der Waals surface area (Å²) in [4.78, 5) is 26.5. The zero-order valence-corrected chi connectivity index (χ0v) is 17.9. The van der Waals surface area contributed by atoms with Crippen molar-refractivity contribution < 1.29 is 28.5 Å².